The second kappa shape index (κ2) is 11.1. The highest BCUT2D eigenvalue weighted by Gasteiger charge is 2.32. The molecule has 0 saturated carbocycles. The number of nitrogens with zero attached hydrogens (tertiary/aromatic N) is 3. The van der Waals surface area contributed by atoms with Crippen molar-refractivity contribution in [2.24, 2.45) is 0 Å². The van der Waals surface area contributed by atoms with Gasteiger partial charge in [0.15, 0.2) is 0 Å². The number of ether oxygens (including phenoxy) is 3. The molecule has 1 amide bonds. The van der Waals surface area contributed by atoms with Crippen molar-refractivity contribution in [3.05, 3.63) is 57.7 Å². The fourth-order valence-corrected chi connectivity index (χ4v) is 4.90. The van der Waals surface area contributed by atoms with Gasteiger partial charge in [0, 0.05) is 28.5 Å². The van der Waals surface area contributed by atoms with E-state index in [1.54, 1.807) is 11.8 Å². The van der Waals surface area contributed by atoms with Crippen LogP contribution in [0.3, 0.4) is 0 Å². The van der Waals surface area contributed by atoms with E-state index in [2.05, 4.69) is 15.9 Å². The Hall–Kier alpha value is -3.07. The van der Waals surface area contributed by atoms with Gasteiger partial charge in [0.05, 0.1) is 24.6 Å². The van der Waals surface area contributed by atoms with Crippen LogP contribution in [0.2, 0.25) is 0 Å². The van der Waals surface area contributed by atoms with Crippen molar-refractivity contribution in [1.29, 1.82) is 0 Å². The van der Waals surface area contributed by atoms with E-state index in [9.17, 15) is 9.59 Å². The molecule has 0 bridgehead atoms. The third kappa shape index (κ3) is 6.44. The predicted molar refractivity (Wildman–Crippen MR) is 145 cm³/mol. The second-order valence-electron chi connectivity index (χ2n) is 10.2. The van der Waals surface area contributed by atoms with Gasteiger partial charge in [-0.15, -0.1) is 0 Å². The van der Waals surface area contributed by atoms with Crippen LogP contribution < -0.4 is 4.74 Å². The molecule has 9 heteroatoms. The van der Waals surface area contributed by atoms with Gasteiger partial charge < -0.3 is 19.1 Å². The topological polar surface area (TPSA) is 82.9 Å². The molecule has 1 aliphatic rings. The Balaban J connectivity index is 1.57. The lowest BCUT2D eigenvalue weighted by molar-refractivity contribution is -0.142. The van der Waals surface area contributed by atoms with Crippen LogP contribution in [0.5, 0.6) is 5.75 Å². The monoisotopic (exact) mass is 571 g/mol. The van der Waals surface area contributed by atoms with Crippen LogP contribution in [-0.2, 0) is 27.3 Å². The smallest absolute Gasteiger partial charge is 0.410 e. The number of likely N-dealkylation sites (tertiary alicyclic amines) is 1. The normalized spacial score (nSPS) is 15.7. The van der Waals surface area contributed by atoms with Crippen molar-refractivity contribution in [1.82, 2.24) is 14.7 Å². The molecule has 0 N–H and O–H groups in total. The molecule has 1 fully saturated rings. The van der Waals surface area contributed by atoms with Crippen LogP contribution >= 0.6 is 15.9 Å². The molecule has 1 unspecified atom stereocenters. The van der Waals surface area contributed by atoms with Crippen molar-refractivity contribution in [2.75, 3.05) is 19.7 Å². The number of carbonyl (C=O) groups excluding carboxylic acids is 2. The Bertz CT molecular complexity index is 1300. The van der Waals surface area contributed by atoms with E-state index in [0.29, 0.717) is 25.4 Å². The molecule has 0 aliphatic carbocycles. The average molecular weight is 573 g/mol. The molecule has 8 nitrogen and oxygen atoms in total. The first-order chi connectivity index (χ1) is 17.6. The maximum atomic E-state index is 12.6. The van der Waals surface area contributed by atoms with E-state index >= 15 is 0 Å². The molecule has 1 aliphatic heterocycles. The van der Waals surface area contributed by atoms with Crippen LogP contribution in [-0.4, -0.2) is 52.0 Å². The second-order valence-corrected chi connectivity index (χ2v) is 11.2. The van der Waals surface area contributed by atoms with Gasteiger partial charge in [0.1, 0.15) is 23.7 Å². The molecule has 198 valence electrons. The average Bonchev–Trinajstić information content (AvgIpc) is 3.43. The van der Waals surface area contributed by atoms with Gasteiger partial charge >= 0.3 is 12.1 Å². The SMILES string of the molecule is CCOC(=O)Cc1c(C)cccc1OCc1nn(C2CCN(C(=O)OC(C)(C)C)C2)c2ccc(Br)cc12. The first-order valence-corrected chi connectivity index (χ1v) is 13.4. The molecule has 0 spiro atoms. The molecule has 37 heavy (non-hydrogen) atoms. The first kappa shape index (κ1) is 27.0. The zero-order chi connectivity index (χ0) is 26.7. The molecule has 0 radical (unpaired) electrons. The lowest BCUT2D eigenvalue weighted by Gasteiger charge is -2.24. The van der Waals surface area contributed by atoms with Gasteiger partial charge in [-0.2, -0.15) is 5.10 Å². The minimum Gasteiger partial charge on any atom is -0.487 e. The van der Waals surface area contributed by atoms with Gasteiger partial charge in [-0.1, -0.05) is 28.1 Å². The third-order valence-corrected chi connectivity index (χ3v) is 6.76. The Kier molecular flexibility index (Phi) is 8.11. The molecular weight excluding hydrogens is 538 g/mol. The number of fused-ring (bicyclic) bond motifs is 1. The Morgan fingerprint density at radius 3 is 2.70 bits per heavy atom. The number of hydrogen-bond donors (Lipinski definition) is 0. The number of benzene rings is 2. The van der Waals surface area contributed by atoms with Crippen molar-refractivity contribution in [2.45, 2.75) is 65.7 Å². The van der Waals surface area contributed by atoms with E-state index in [0.717, 1.165) is 38.6 Å². The standard InChI is InChI=1S/C28H34BrN3O5/c1-6-35-26(33)15-21-18(2)8-7-9-25(21)36-17-23-22-14-19(29)10-11-24(22)32(30-23)20-12-13-31(16-20)27(34)37-28(3,4)5/h7-11,14,20H,6,12-13,15-17H2,1-5H3. The molecule has 2 aromatic carbocycles. The number of aryl methyl sites for hydroxylation is 1. The molecular formula is C28H34BrN3O5. The van der Waals surface area contributed by atoms with Gasteiger partial charge in [0.25, 0.3) is 0 Å². The van der Waals surface area contributed by atoms with E-state index < -0.39 is 5.60 Å². The number of hydrogen-bond acceptors (Lipinski definition) is 6. The summed E-state index contributed by atoms with van der Waals surface area (Å²) in [4.78, 5) is 26.5. The van der Waals surface area contributed by atoms with Crippen molar-refractivity contribution in [3.8, 4) is 5.75 Å². The maximum Gasteiger partial charge on any atom is 0.410 e. The summed E-state index contributed by atoms with van der Waals surface area (Å²) in [6.45, 7) is 11.1. The molecule has 1 aromatic heterocycles. The number of rotatable bonds is 7. The van der Waals surface area contributed by atoms with Crippen molar-refractivity contribution in [3.63, 3.8) is 0 Å². The van der Waals surface area contributed by atoms with Gasteiger partial charge in [-0.05, 0) is 70.9 Å². The summed E-state index contributed by atoms with van der Waals surface area (Å²) in [5.41, 5.74) is 3.02. The summed E-state index contributed by atoms with van der Waals surface area (Å²) < 4.78 is 19.9. The summed E-state index contributed by atoms with van der Waals surface area (Å²) >= 11 is 3.58. The van der Waals surface area contributed by atoms with Gasteiger partial charge in [0.2, 0.25) is 0 Å². The number of amides is 1. The third-order valence-electron chi connectivity index (χ3n) is 6.26. The summed E-state index contributed by atoms with van der Waals surface area (Å²) in [5, 5.41) is 5.92. The van der Waals surface area contributed by atoms with E-state index in [4.69, 9.17) is 19.3 Å². The van der Waals surface area contributed by atoms with E-state index in [1.807, 2.05) is 68.8 Å². The minimum atomic E-state index is -0.535. The number of carbonyl (C=O) groups is 2. The quantitative estimate of drug-likeness (QED) is 0.325. The van der Waals surface area contributed by atoms with Gasteiger partial charge in [-0.25, -0.2) is 4.79 Å². The van der Waals surface area contributed by atoms with Crippen LogP contribution in [0.15, 0.2) is 40.9 Å². The first-order valence-electron chi connectivity index (χ1n) is 12.6. The minimum absolute atomic E-state index is 0.0308. The highest BCUT2D eigenvalue weighted by Crippen LogP contribution is 2.31. The van der Waals surface area contributed by atoms with Crippen LogP contribution in [0.1, 0.15) is 57.0 Å². The molecule has 3 aromatic rings. The molecule has 4 rings (SSSR count). The summed E-state index contributed by atoms with van der Waals surface area (Å²) in [6, 6.07) is 11.8. The predicted octanol–water partition coefficient (Wildman–Crippen LogP) is 5.97. The molecule has 1 saturated heterocycles. The fraction of sp³-hybridized carbons (Fsp3) is 0.464. The number of aromatic nitrogens is 2. The largest absolute Gasteiger partial charge is 0.487 e. The zero-order valence-corrected chi connectivity index (χ0v) is 23.6. The molecule has 1 atom stereocenters. The van der Waals surface area contributed by atoms with Crippen molar-refractivity contribution < 1.29 is 23.8 Å². The van der Waals surface area contributed by atoms with Crippen LogP contribution in [0, 0.1) is 6.92 Å². The summed E-state index contributed by atoms with van der Waals surface area (Å²) in [7, 11) is 0. The lowest BCUT2D eigenvalue weighted by Crippen LogP contribution is -2.35. The lowest BCUT2D eigenvalue weighted by atomic mass is 10.0. The highest BCUT2D eigenvalue weighted by atomic mass is 79.9. The van der Waals surface area contributed by atoms with Gasteiger partial charge in [-0.3, -0.25) is 9.48 Å². The van der Waals surface area contributed by atoms with E-state index in [-0.39, 0.29) is 31.1 Å². The Morgan fingerprint density at radius 2 is 1.97 bits per heavy atom. The van der Waals surface area contributed by atoms with Crippen LogP contribution in [0.25, 0.3) is 10.9 Å². The molecule has 2 heterocycles. The number of halogens is 1. The fourth-order valence-electron chi connectivity index (χ4n) is 4.54. The Morgan fingerprint density at radius 1 is 1.19 bits per heavy atom. The number of esters is 1. The Labute approximate surface area is 226 Å². The van der Waals surface area contributed by atoms with E-state index in [1.165, 1.54) is 0 Å². The van der Waals surface area contributed by atoms with Crippen molar-refractivity contribution >= 4 is 38.9 Å². The zero-order valence-electron chi connectivity index (χ0n) is 22.0. The highest BCUT2D eigenvalue weighted by molar-refractivity contribution is 9.10. The summed E-state index contributed by atoms with van der Waals surface area (Å²) in [5.74, 6) is 0.360. The maximum absolute atomic E-state index is 12.6. The summed E-state index contributed by atoms with van der Waals surface area (Å²) in [6.07, 6.45) is 0.638. The van der Waals surface area contributed by atoms with Crippen LogP contribution in [0.4, 0.5) is 4.79 Å².